The number of nitrogens with zero attached hydrogens (tertiary/aromatic N) is 2. The van der Waals surface area contributed by atoms with E-state index < -0.39 is 124 Å². The van der Waals surface area contributed by atoms with Crippen LogP contribution in [0.2, 0.25) is 0 Å². The van der Waals surface area contributed by atoms with Crippen LogP contribution in [0.15, 0.2) is 48.5 Å². The Balaban J connectivity index is -0.000000120. The van der Waals surface area contributed by atoms with Crippen molar-refractivity contribution in [1.29, 1.82) is 0 Å². The monoisotopic (exact) mass is 1320 g/mol. The van der Waals surface area contributed by atoms with Crippen molar-refractivity contribution in [3.05, 3.63) is 48.5 Å². The van der Waals surface area contributed by atoms with Crippen LogP contribution in [0.3, 0.4) is 0 Å². The van der Waals surface area contributed by atoms with E-state index in [9.17, 15) is 50.4 Å². The van der Waals surface area contributed by atoms with Crippen molar-refractivity contribution in [2.24, 2.45) is 5.73 Å². The summed E-state index contributed by atoms with van der Waals surface area (Å²) >= 11 is 0. The fourth-order valence-electron chi connectivity index (χ4n) is 7.07. The summed E-state index contributed by atoms with van der Waals surface area (Å²) in [5.74, 6) is 0. The Morgan fingerprint density at radius 3 is 1.22 bits per heavy atom. The van der Waals surface area contributed by atoms with E-state index in [4.69, 9.17) is 55.9 Å². The molecule has 7 rings (SSSR count). The van der Waals surface area contributed by atoms with E-state index >= 15 is 0 Å². The van der Waals surface area contributed by atoms with Gasteiger partial charge >= 0.3 is 12.2 Å². The summed E-state index contributed by atoms with van der Waals surface area (Å²) < 4.78 is 25.8. The zero-order valence-corrected chi connectivity index (χ0v) is 49.1. The molecule has 78 heavy (non-hydrogen) atoms. The standard InChI is InChI=1S/C22H33N3O12.C10H13N3O2.C6H12O6.4CH4.10H2S/c26-7-12-14(28)16(30)18(32)20(36-12)23-5-11-6-25(22(34)35-11)10-3-1-9(2-4-10)24-21-19(33)17(31)15(29)13(8-27)37-21;11-5-9-6-13(10(14)15-9)8-3-1-7(12)2-4-8;7-1-2-3(8)4(9)5(10)6(11)12-2;;;;;;;;;;;;;;/h1-4,11-21,23-24,26-33H,5-8H2;1-4,9H,5-6,11-12H2;2-11H,1H2;4*1H4;10*1H2/t11-,12?,13?,14-,15+,16?,17-,18+,19?,20-,21+;9-;2?,3-,4+,5?,6+;;;;;;;;;;;;;;/m011............../s1. The normalized spacial score (nSPS) is 30.7. The number of carbonyl (C=O) groups is 2. The van der Waals surface area contributed by atoms with E-state index in [1.54, 1.807) is 53.4 Å². The molecule has 472 valence electrons. The molecule has 2 aromatic carbocycles. The molecule has 26 nitrogen and oxygen atoms in total. The highest BCUT2D eigenvalue weighted by molar-refractivity contribution is 7.60. The first-order chi connectivity index (χ1) is 30.4. The van der Waals surface area contributed by atoms with Gasteiger partial charge in [0.25, 0.3) is 0 Å². The SMILES string of the molecule is C.C.C.C.NC[C@@H]1CN(c2ccc(N)cc2)C(=O)O1.O=C1O[C@@H](CN[C@H]2OC(CO)[C@H](O)C(O)[C@H]2O)CN1c1ccc(N[C@@H]2OC(CO)[C@@H](O)[C@H](O)C2O)cc1.OCC1O[C@H](O)C(O)[C@@H](O)[C@@H]1O.S.S.S.S.S.S.S.S.S.S. The van der Waals surface area contributed by atoms with E-state index in [0.29, 0.717) is 30.2 Å². The largest absolute Gasteiger partial charge is 0.443 e. The second-order valence-corrected chi connectivity index (χ2v) is 15.4. The Morgan fingerprint density at radius 1 is 0.474 bits per heavy atom. The fourth-order valence-corrected chi connectivity index (χ4v) is 7.07. The third kappa shape index (κ3) is 25.3. The molecule has 0 saturated carbocycles. The number of aliphatic hydroxyl groups excluding tert-OH is 13. The lowest BCUT2D eigenvalue weighted by Gasteiger charge is -2.40. The van der Waals surface area contributed by atoms with E-state index in [1.165, 1.54) is 4.90 Å². The molecule has 0 radical (unpaired) electrons. The Hall–Kier alpha value is -0.640. The number of hydrogen-bond acceptors (Lipinski definition) is 24. The maximum Gasteiger partial charge on any atom is 0.414 e. The number of hydrogen-bond donors (Lipinski definition) is 17. The third-order valence-corrected chi connectivity index (χ3v) is 10.9. The van der Waals surface area contributed by atoms with Gasteiger partial charge in [-0.15, -0.1) is 0 Å². The average Bonchev–Trinajstić information content (AvgIpc) is 3.87. The molecular weight excluding hydrogens is 1230 g/mol. The first-order valence-electron chi connectivity index (χ1n) is 20.1. The molecule has 5 heterocycles. The summed E-state index contributed by atoms with van der Waals surface area (Å²) in [5, 5.41) is 129. The lowest BCUT2D eigenvalue weighted by Crippen LogP contribution is -2.63. The maximum absolute atomic E-state index is 12.4. The van der Waals surface area contributed by atoms with E-state index in [0.717, 1.165) is 5.69 Å². The molecule has 36 heteroatoms. The molecule has 2 aromatic rings. The van der Waals surface area contributed by atoms with Crippen molar-refractivity contribution in [3.8, 4) is 0 Å². The van der Waals surface area contributed by atoms with Crippen molar-refractivity contribution in [2.75, 3.05) is 66.8 Å². The van der Waals surface area contributed by atoms with Gasteiger partial charge in [0.05, 0.1) is 32.9 Å². The summed E-state index contributed by atoms with van der Waals surface area (Å²) in [6, 6.07) is 13.5. The van der Waals surface area contributed by atoms with Crippen molar-refractivity contribution in [2.45, 2.75) is 134 Å². The van der Waals surface area contributed by atoms with Crippen LogP contribution in [-0.2, 0) is 23.7 Å². The topological polar surface area (TPSA) is 426 Å². The van der Waals surface area contributed by atoms with Crippen molar-refractivity contribution in [1.82, 2.24) is 5.32 Å². The minimum Gasteiger partial charge on any atom is -0.443 e. The van der Waals surface area contributed by atoms with Gasteiger partial charge in [0.1, 0.15) is 91.7 Å². The van der Waals surface area contributed by atoms with Gasteiger partial charge in [-0.2, -0.15) is 135 Å². The molecular formula is C42H94N6O20S10. The molecule has 5 aliphatic heterocycles. The number of cyclic esters (lactones) is 2. The third-order valence-electron chi connectivity index (χ3n) is 10.9. The van der Waals surface area contributed by atoms with Gasteiger partial charge in [0.2, 0.25) is 0 Å². The zero-order chi connectivity index (χ0) is 47.0. The maximum atomic E-state index is 12.4. The number of amides is 2. The molecule has 6 unspecified atom stereocenters. The number of rotatable bonds is 11. The molecule has 0 aliphatic carbocycles. The number of aliphatic hydroxyl groups is 13. The van der Waals surface area contributed by atoms with Gasteiger partial charge in [-0.1, -0.05) is 29.7 Å². The second-order valence-electron chi connectivity index (χ2n) is 15.4. The summed E-state index contributed by atoms with van der Waals surface area (Å²) in [4.78, 5) is 26.8. The predicted octanol–water partition coefficient (Wildman–Crippen LogP) is -3.38. The van der Waals surface area contributed by atoms with Crippen LogP contribution >= 0.6 is 135 Å². The Bertz CT molecular complexity index is 1810. The first-order valence-corrected chi connectivity index (χ1v) is 20.1. The number of nitrogens with two attached hydrogens (primary N) is 2. The fraction of sp³-hybridized carbons (Fsp3) is 0.667. The van der Waals surface area contributed by atoms with Crippen molar-refractivity contribution >= 4 is 170 Å². The molecule has 5 saturated heterocycles. The smallest absolute Gasteiger partial charge is 0.414 e. The first kappa shape index (κ1) is 99.4. The number of nitrogens with one attached hydrogen (secondary N) is 2. The van der Waals surface area contributed by atoms with Gasteiger partial charge in [0, 0.05) is 35.8 Å². The van der Waals surface area contributed by atoms with Crippen LogP contribution < -0.4 is 31.9 Å². The molecule has 17 atom stereocenters. The van der Waals surface area contributed by atoms with Crippen LogP contribution in [0.4, 0.5) is 32.3 Å². The Morgan fingerprint density at radius 2 is 0.821 bits per heavy atom. The molecule has 0 bridgehead atoms. The number of benzene rings is 2. The Kier molecular flexibility index (Phi) is 59.5. The number of ether oxygens (including phenoxy) is 5. The highest BCUT2D eigenvalue weighted by Crippen LogP contribution is 2.28. The molecule has 5 aliphatic rings. The van der Waals surface area contributed by atoms with Crippen LogP contribution in [0.5, 0.6) is 0 Å². The molecule has 5 fully saturated rings. The summed E-state index contributed by atoms with van der Waals surface area (Å²) in [6.45, 7) is -0.578. The van der Waals surface area contributed by atoms with Gasteiger partial charge in [-0.25, -0.2) is 9.59 Å². The van der Waals surface area contributed by atoms with Gasteiger partial charge in [0.15, 0.2) is 12.5 Å². The molecule has 19 N–H and O–H groups in total. The number of anilines is 4. The van der Waals surface area contributed by atoms with Crippen molar-refractivity contribution in [3.63, 3.8) is 0 Å². The lowest BCUT2D eigenvalue weighted by molar-refractivity contribution is -0.286. The highest BCUT2D eigenvalue weighted by atomic mass is 32.1. The average molecular weight is 1320 g/mol. The van der Waals surface area contributed by atoms with Gasteiger partial charge < -0.3 is 107 Å². The van der Waals surface area contributed by atoms with E-state index in [-0.39, 0.29) is 190 Å². The van der Waals surface area contributed by atoms with Gasteiger partial charge in [-0.05, 0) is 48.5 Å². The predicted molar refractivity (Wildman–Crippen MR) is 347 cm³/mol. The summed E-state index contributed by atoms with van der Waals surface area (Å²) in [5.41, 5.74) is 13.4. The van der Waals surface area contributed by atoms with Crippen LogP contribution in [0.1, 0.15) is 29.7 Å². The van der Waals surface area contributed by atoms with Crippen molar-refractivity contribution < 1.29 is 99.7 Å². The quantitative estimate of drug-likeness (QED) is 0.0976. The van der Waals surface area contributed by atoms with Crippen LogP contribution in [-0.4, -0.2) is 229 Å². The van der Waals surface area contributed by atoms with Crippen LogP contribution in [0, 0.1) is 0 Å². The van der Waals surface area contributed by atoms with E-state index in [2.05, 4.69) is 15.4 Å². The van der Waals surface area contributed by atoms with E-state index in [1.807, 2.05) is 0 Å². The molecule has 0 spiro atoms. The second kappa shape index (κ2) is 46.7. The van der Waals surface area contributed by atoms with Gasteiger partial charge in [-0.3, -0.25) is 15.1 Å². The van der Waals surface area contributed by atoms with Crippen LogP contribution in [0.25, 0.3) is 0 Å². The summed E-state index contributed by atoms with van der Waals surface area (Å²) in [7, 11) is 0. The minimum atomic E-state index is -1.57. The zero-order valence-electron chi connectivity index (χ0n) is 39.1. The summed E-state index contributed by atoms with van der Waals surface area (Å²) in [6.07, 6.45) is -22.1. The molecule has 2 amide bonds. The minimum absolute atomic E-state index is 0. The lowest BCUT2D eigenvalue weighted by atomic mass is 9.98. The Labute approximate surface area is 526 Å². The number of carbonyl (C=O) groups excluding carboxylic acids is 2. The highest BCUT2D eigenvalue weighted by Gasteiger charge is 2.46. The number of nitrogen functional groups attached to an aromatic ring is 1. The molecule has 0 aromatic heterocycles.